The lowest BCUT2D eigenvalue weighted by atomic mass is 10.2. The van der Waals surface area contributed by atoms with Crippen molar-refractivity contribution < 1.29 is 17.9 Å². The van der Waals surface area contributed by atoms with Gasteiger partial charge in [0.2, 0.25) is 15.9 Å². The first-order valence-corrected chi connectivity index (χ1v) is 9.75. The number of carbonyl (C=O) groups is 1. The average Bonchev–Trinajstić information content (AvgIpc) is 2.63. The minimum Gasteiger partial charge on any atom is -0.383 e. The van der Waals surface area contributed by atoms with Crippen LogP contribution in [0.2, 0.25) is 0 Å². The topological polar surface area (TPSA) is 75.7 Å². The summed E-state index contributed by atoms with van der Waals surface area (Å²) in [5.74, 6) is -0.370. The van der Waals surface area contributed by atoms with E-state index < -0.39 is 10.0 Å². The second-order valence-electron chi connectivity index (χ2n) is 6.00. The van der Waals surface area contributed by atoms with Gasteiger partial charge >= 0.3 is 0 Å². The lowest BCUT2D eigenvalue weighted by Gasteiger charge is -2.23. The maximum atomic E-state index is 13.0. The Bertz CT molecular complexity index is 795. The maximum absolute atomic E-state index is 13.0. The van der Waals surface area contributed by atoms with E-state index in [1.54, 1.807) is 32.2 Å². The summed E-state index contributed by atoms with van der Waals surface area (Å²) in [5, 5.41) is 2.75. The Balaban J connectivity index is 2.23. The molecule has 0 unspecified atom stereocenters. The van der Waals surface area contributed by atoms with Crippen molar-refractivity contribution >= 4 is 15.9 Å². The number of benzene rings is 2. The third-order valence-corrected chi connectivity index (χ3v) is 5.53. The van der Waals surface area contributed by atoms with E-state index in [0.29, 0.717) is 6.61 Å². The molecule has 1 amide bonds. The van der Waals surface area contributed by atoms with E-state index in [1.165, 1.54) is 16.4 Å². The summed E-state index contributed by atoms with van der Waals surface area (Å²) in [6, 6.07) is 17.1. The molecule has 0 aromatic heterocycles. The number of nitrogens with zero attached hydrogens (tertiary/aromatic N) is 1. The van der Waals surface area contributed by atoms with Gasteiger partial charge < -0.3 is 10.1 Å². The predicted molar refractivity (Wildman–Crippen MR) is 100.0 cm³/mol. The van der Waals surface area contributed by atoms with Crippen LogP contribution in [0.4, 0.5) is 0 Å². The molecule has 0 aliphatic carbocycles. The van der Waals surface area contributed by atoms with Crippen molar-refractivity contribution in [2.24, 2.45) is 0 Å². The van der Waals surface area contributed by atoms with E-state index >= 15 is 0 Å². The van der Waals surface area contributed by atoms with Crippen LogP contribution in [0.3, 0.4) is 0 Å². The van der Waals surface area contributed by atoms with Gasteiger partial charge in [0.1, 0.15) is 0 Å². The highest BCUT2D eigenvalue weighted by atomic mass is 32.2. The van der Waals surface area contributed by atoms with Crippen molar-refractivity contribution in [1.29, 1.82) is 0 Å². The molecule has 1 atom stereocenters. The monoisotopic (exact) mass is 376 g/mol. The highest BCUT2D eigenvalue weighted by Crippen LogP contribution is 2.18. The summed E-state index contributed by atoms with van der Waals surface area (Å²) < 4.78 is 32.2. The number of amides is 1. The fourth-order valence-electron chi connectivity index (χ4n) is 2.53. The molecule has 26 heavy (non-hydrogen) atoms. The summed E-state index contributed by atoms with van der Waals surface area (Å²) in [7, 11) is -2.26. The Labute approximate surface area is 154 Å². The van der Waals surface area contributed by atoms with Crippen molar-refractivity contribution in [3.05, 3.63) is 66.2 Å². The van der Waals surface area contributed by atoms with Crippen molar-refractivity contribution in [1.82, 2.24) is 9.62 Å². The van der Waals surface area contributed by atoms with Gasteiger partial charge in [0.25, 0.3) is 0 Å². The summed E-state index contributed by atoms with van der Waals surface area (Å²) >= 11 is 0. The summed E-state index contributed by atoms with van der Waals surface area (Å²) in [5.41, 5.74) is 0.810. The molecule has 7 heteroatoms. The first-order chi connectivity index (χ1) is 12.4. The predicted octanol–water partition coefficient (Wildman–Crippen LogP) is 2.03. The Morgan fingerprint density at radius 2 is 1.65 bits per heavy atom. The molecular formula is C19H24N2O4S. The molecule has 0 saturated carbocycles. The Kier molecular flexibility index (Phi) is 7.32. The van der Waals surface area contributed by atoms with Gasteiger partial charge in [0.15, 0.2) is 0 Å². The van der Waals surface area contributed by atoms with Crippen LogP contribution in [0.25, 0.3) is 0 Å². The van der Waals surface area contributed by atoms with Gasteiger partial charge in [-0.1, -0.05) is 48.5 Å². The quantitative estimate of drug-likeness (QED) is 0.727. The number of hydrogen-bond donors (Lipinski definition) is 1. The van der Waals surface area contributed by atoms with Crippen molar-refractivity contribution in [2.45, 2.75) is 24.4 Å². The second kappa shape index (κ2) is 9.47. The molecular weight excluding hydrogens is 352 g/mol. The van der Waals surface area contributed by atoms with E-state index in [4.69, 9.17) is 4.74 Å². The van der Waals surface area contributed by atoms with Crippen molar-refractivity contribution in [3.63, 3.8) is 0 Å². The minimum absolute atomic E-state index is 0.115. The number of ether oxygens (including phenoxy) is 1. The van der Waals surface area contributed by atoms with Crippen LogP contribution < -0.4 is 5.32 Å². The molecule has 140 valence electrons. The third-order valence-electron chi connectivity index (χ3n) is 3.73. The summed E-state index contributed by atoms with van der Waals surface area (Å²) in [4.78, 5) is 12.5. The summed E-state index contributed by atoms with van der Waals surface area (Å²) in [6.45, 7) is 2.01. The zero-order valence-corrected chi connectivity index (χ0v) is 15.8. The zero-order valence-electron chi connectivity index (χ0n) is 15.0. The lowest BCUT2D eigenvalue weighted by Crippen LogP contribution is -2.44. The van der Waals surface area contributed by atoms with Gasteiger partial charge in [-0.3, -0.25) is 4.79 Å². The van der Waals surface area contributed by atoms with E-state index in [-0.39, 0.29) is 29.9 Å². The normalized spacial score (nSPS) is 12.7. The van der Waals surface area contributed by atoms with Crippen molar-refractivity contribution in [3.8, 4) is 0 Å². The number of methoxy groups -OCH3 is 1. The highest BCUT2D eigenvalue weighted by molar-refractivity contribution is 7.89. The molecule has 0 fully saturated rings. The molecule has 0 aliphatic heterocycles. The molecule has 0 heterocycles. The standard InChI is InChI=1S/C19H24N2O4S/c1-16(15-25-2)20-19(22)14-21(13-17-9-5-3-6-10-17)26(23,24)18-11-7-4-8-12-18/h3-12,16H,13-15H2,1-2H3,(H,20,22)/t16-/m0/s1. The first kappa shape index (κ1) is 20.1. The molecule has 0 bridgehead atoms. The molecule has 0 spiro atoms. The van der Waals surface area contributed by atoms with Gasteiger partial charge in [-0.25, -0.2) is 8.42 Å². The van der Waals surface area contributed by atoms with Crippen LogP contribution in [-0.4, -0.2) is 44.9 Å². The van der Waals surface area contributed by atoms with E-state index in [1.807, 2.05) is 30.3 Å². The van der Waals surface area contributed by atoms with Crippen LogP contribution in [0.5, 0.6) is 0 Å². The van der Waals surface area contributed by atoms with E-state index in [2.05, 4.69) is 5.32 Å². The molecule has 6 nitrogen and oxygen atoms in total. The molecule has 0 saturated heterocycles. The second-order valence-corrected chi connectivity index (χ2v) is 7.93. The fourth-order valence-corrected chi connectivity index (χ4v) is 3.93. The van der Waals surface area contributed by atoms with Crippen LogP contribution in [-0.2, 0) is 26.1 Å². The molecule has 2 rings (SSSR count). The average molecular weight is 376 g/mol. The van der Waals surface area contributed by atoms with Crippen LogP contribution in [0, 0.1) is 0 Å². The minimum atomic E-state index is -3.80. The van der Waals surface area contributed by atoms with Crippen LogP contribution in [0.15, 0.2) is 65.6 Å². The van der Waals surface area contributed by atoms with Gasteiger partial charge in [0, 0.05) is 19.7 Å². The highest BCUT2D eigenvalue weighted by Gasteiger charge is 2.27. The smallest absolute Gasteiger partial charge is 0.243 e. The molecule has 2 aromatic rings. The Morgan fingerprint density at radius 3 is 2.23 bits per heavy atom. The number of nitrogens with one attached hydrogen (secondary N) is 1. The number of hydrogen-bond acceptors (Lipinski definition) is 4. The SMILES string of the molecule is COC[C@H](C)NC(=O)CN(Cc1ccccc1)S(=O)(=O)c1ccccc1. The maximum Gasteiger partial charge on any atom is 0.243 e. The van der Waals surface area contributed by atoms with Gasteiger partial charge in [-0.05, 0) is 24.6 Å². The number of sulfonamides is 1. The molecule has 2 aromatic carbocycles. The number of rotatable bonds is 9. The fraction of sp³-hybridized carbons (Fsp3) is 0.316. The number of carbonyl (C=O) groups excluding carboxylic acids is 1. The molecule has 0 radical (unpaired) electrons. The third kappa shape index (κ3) is 5.66. The lowest BCUT2D eigenvalue weighted by molar-refractivity contribution is -0.122. The molecule has 1 N–H and O–H groups in total. The zero-order chi connectivity index (χ0) is 19.0. The van der Waals surface area contributed by atoms with Gasteiger partial charge in [-0.15, -0.1) is 0 Å². The van der Waals surface area contributed by atoms with E-state index in [0.717, 1.165) is 5.56 Å². The van der Waals surface area contributed by atoms with Gasteiger partial charge in [0.05, 0.1) is 18.0 Å². The Hall–Kier alpha value is -2.22. The Morgan fingerprint density at radius 1 is 1.08 bits per heavy atom. The first-order valence-electron chi connectivity index (χ1n) is 8.31. The molecule has 0 aliphatic rings. The van der Waals surface area contributed by atoms with Crippen molar-refractivity contribution in [2.75, 3.05) is 20.3 Å². The van der Waals surface area contributed by atoms with E-state index in [9.17, 15) is 13.2 Å². The van der Waals surface area contributed by atoms with Crippen LogP contribution >= 0.6 is 0 Å². The van der Waals surface area contributed by atoms with Gasteiger partial charge in [-0.2, -0.15) is 4.31 Å². The summed E-state index contributed by atoms with van der Waals surface area (Å²) in [6.07, 6.45) is 0. The van der Waals surface area contributed by atoms with Crippen LogP contribution in [0.1, 0.15) is 12.5 Å². The largest absolute Gasteiger partial charge is 0.383 e.